The first-order chi connectivity index (χ1) is 7.47. The van der Waals surface area contributed by atoms with E-state index in [4.69, 9.17) is 0 Å². The van der Waals surface area contributed by atoms with Gasteiger partial charge in [0.1, 0.15) is 5.82 Å². The summed E-state index contributed by atoms with van der Waals surface area (Å²) < 4.78 is 0. The molecule has 1 rings (SSSR count). The van der Waals surface area contributed by atoms with Crippen molar-refractivity contribution in [2.45, 2.75) is 32.9 Å². The summed E-state index contributed by atoms with van der Waals surface area (Å²) in [4.78, 5) is 19.5. The Morgan fingerprint density at radius 1 is 1.31 bits per heavy atom. The number of carbonyl (C=O) groups excluding carboxylic acids is 1. The fourth-order valence-corrected chi connectivity index (χ4v) is 1.17. The molecular weight excluding hydrogens is 204 g/mol. The second-order valence-corrected chi connectivity index (χ2v) is 4.57. The van der Waals surface area contributed by atoms with Crippen LogP contribution in [0.5, 0.6) is 0 Å². The lowest BCUT2D eigenvalue weighted by Crippen LogP contribution is -2.44. The minimum Gasteiger partial charge on any atom is -0.350 e. The Morgan fingerprint density at radius 2 is 1.94 bits per heavy atom. The monoisotopic (exact) mass is 222 g/mol. The molecule has 0 unspecified atom stereocenters. The number of nitrogens with zero attached hydrogens (tertiary/aromatic N) is 2. The molecule has 1 aromatic rings. The summed E-state index contributed by atoms with van der Waals surface area (Å²) in [6.45, 7) is 6.62. The predicted molar refractivity (Wildman–Crippen MR) is 61.6 cm³/mol. The third kappa shape index (κ3) is 5.41. The molecule has 1 aromatic heterocycles. The first-order valence-corrected chi connectivity index (χ1v) is 5.25. The maximum atomic E-state index is 11.4. The molecule has 0 aliphatic heterocycles. The summed E-state index contributed by atoms with van der Waals surface area (Å²) in [7, 11) is 0. The molecule has 0 bridgehead atoms. The van der Waals surface area contributed by atoms with Gasteiger partial charge in [-0.05, 0) is 26.8 Å². The normalized spacial score (nSPS) is 11.2. The maximum Gasteiger partial charge on any atom is 0.234 e. The highest BCUT2D eigenvalue weighted by atomic mass is 16.2. The molecule has 5 heteroatoms. The minimum atomic E-state index is -0.192. The van der Waals surface area contributed by atoms with Gasteiger partial charge < -0.3 is 10.6 Å². The lowest BCUT2D eigenvalue weighted by atomic mass is 10.1. The highest BCUT2D eigenvalue weighted by Gasteiger charge is 2.12. The Balaban J connectivity index is 2.24. The second kappa shape index (κ2) is 5.55. The van der Waals surface area contributed by atoms with Crippen molar-refractivity contribution < 1.29 is 4.79 Å². The molecule has 0 aromatic carbocycles. The Morgan fingerprint density at radius 3 is 2.50 bits per heavy atom. The van der Waals surface area contributed by atoms with E-state index < -0.39 is 0 Å². The number of rotatable bonds is 4. The Bertz CT molecular complexity index is 332. The first-order valence-electron chi connectivity index (χ1n) is 5.25. The summed E-state index contributed by atoms with van der Waals surface area (Å²) >= 11 is 0. The van der Waals surface area contributed by atoms with Crippen LogP contribution in [0.25, 0.3) is 0 Å². The van der Waals surface area contributed by atoms with Gasteiger partial charge in [0.15, 0.2) is 0 Å². The highest BCUT2D eigenvalue weighted by Crippen LogP contribution is 1.97. The molecule has 1 amide bonds. The van der Waals surface area contributed by atoms with Crippen molar-refractivity contribution in [3.05, 3.63) is 24.3 Å². The minimum absolute atomic E-state index is 0.0246. The van der Waals surface area contributed by atoms with Crippen molar-refractivity contribution in [2.75, 3.05) is 6.54 Å². The van der Waals surface area contributed by atoms with Gasteiger partial charge in [-0.3, -0.25) is 4.79 Å². The van der Waals surface area contributed by atoms with E-state index in [0.717, 1.165) is 0 Å². The van der Waals surface area contributed by atoms with Gasteiger partial charge in [0.25, 0.3) is 0 Å². The van der Waals surface area contributed by atoms with Crippen LogP contribution in [0.1, 0.15) is 26.6 Å². The first kappa shape index (κ1) is 12.6. The summed E-state index contributed by atoms with van der Waals surface area (Å²) in [6, 6.07) is 1.76. The van der Waals surface area contributed by atoms with Gasteiger partial charge in [-0.15, -0.1) is 0 Å². The Kier molecular flexibility index (Phi) is 4.37. The van der Waals surface area contributed by atoms with Gasteiger partial charge in [-0.25, -0.2) is 9.97 Å². The fourth-order valence-electron chi connectivity index (χ4n) is 1.17. The summed E-state index contributed by atoms with van der Waals surface area (Å²) in [5.74, 6) is 0.662. The molecular formula is C11H18N4O. The van der Waals surface area contributed by atoms with E-state index in [9.17, 15) is 4.79 Å². The molecule has 2 N–H and O–H groups in total. The highest BCUT2D eigenvalue weighted by molar-refractivity contribution is 5.78. The van der Waals surface area contributed by atoms with Gasteiger partial charge in [0.05, 0.1) is 13.1 Å². The van der Waals surface area contributed by atoms with Crippen molar-refractivity contribution in [3.8, 4) is 0 Å². The van der Waals surface area contributed by atoms with Crippen LogP contribution < -0.4 is 10.6 Å². The van der Waals surface area contributed by atoms with Crippen molar-refractivity contribution in [1.29, 1.82) is 0 Å². The molecule has 0 spiro atoms. The van der Waals surface area contributed by atoms with Crippen LogP contribution in [-0.2, 0) is 11.3 Å². The maximum absolute atomic E-state index is 11.4. The third-order valence-corrected chi connectivity index (χ3v) is 1.70. The van der Waals surface area contributed by atoms with Gasteiger partial charge >= 0.3 is 0 Å². The standard InChI is InChI=1S/C11H18N4O/c1-11(2,3)15-10(16)8-12-7-9-13-5-4-6-14-9/h4-6,12H,7-8H2,1-3H3,(H,15,16). The molecule has 0 radical (unpaired) electrons. The molecule has 0 atom stereocenters. The van der Waals surface area contributed by atoms with E-state index in [1.54, 1.807) is 18.5 Å². The largest absolute Gasteiger partial charge is 0.350 e. The zero-order chi connectivity index (χ0) is 12.0. The number of hydrogen-bond donors (Lipinski definition) is 2. The molecule has 0 aliphatic rings. The number of carbonyl (C=O) groups is 1. The van der Waals surface area contributed by atoms with E-state index in [2.05, 4.69) is 20.6 Å². The average Bonchev–Trinajstić information content (AvgIpc) is 2.16. The van der Waals surface area contributed by atoms with Crippen LogP contribution >= 0.6 is 0 Å². The summed E-state index contributed by atoms with van der Waals surface area (Å²) in [5, 5.41) is 5.85. The smallest absolute Gasteiger partial charge is 0.234 e. The van der Waals surface area contributed by atoms with Crippen LogP contribution in [0.3, 0.4) is 0 Å². The van der Waals surface area contributed by atoms with E-state index >= 15 is 0 Å². The molecule has 5 nitrogen and oxygen atoms in total. The zero-order valence-electron chi connectivity index (χ0n) is 9.95. The molecule has 0 fully saturated rings. The van der Waals surface area contributed by atoms with Crippen molar-refractivity contribution in [3.63, 3.8) is 0 Å². The van der Waals surface area contributed by atoms with Crippen molar-refractivity contribution >= 4 is 5.91 Å². The summed E-state index contributed by atoms with van der Waals surface area (Å²) in [5.41, 5.74) is -0.192. The SMILES string of the molecule is CC(C)(C)NC(=O)CNCc1ncccn1. The topological polar surface area (TPSA) is 66.9 Å². The molecule has 88 valence electrons. The number of amides is 1. The van der Waals surface area contributed by atoms with Gasteiger partial charge in [0, 0.05) is 17.9 Å². The van der Waals surface area contributed by atoms with Crippen LogP contribution in [-0.4, -0.2) is 28.0 Å². The molecule has 16 heavy (non-hydrogen) atoms. The average molecular weight is 222 g/mol. The summed E-state index contributed by atoms with van der Waals surface area (Å²) in [6.07, 6.45) is 3.36. The molecule has 0 saturated carbocycles. The molecule has 0 saturated heterocycles. The Labute approximate surface area is 95.7 Å². The predicted octanol–water partition coefficient (Wildman–Crippen LogP) is 0.481. The van der Waals surface area contributed by atoms with E-state index in [1.807, 2.05) is 20.8 Å². The third-order valence-electron chi connectivity index (χ3n) is 1.70. The van der Waals surface area contributed by atoms with Crippen LogP contribution in [0.4, 0.5) is 0 Å². The second-order valence-electron chi connectivity index (χ2n) is 4.57. The lowest BCUT2D eigenvalue weighted by molar-refractivity contribution is -0.121. The molecule has 1 heterocycles. The van der Waals surface area contributed by atoms with E-state index in [1.165, 1.54) is 0 Å². The molecule has 0 aliphatic carbocycles. The number of nitrogens with one attached hydrogen (secondary N) is 2. The fraction of sp³-hybridized carbons (Fsp3) is 0.545. The lowest BCUT2D eigenvalue weighted by Gasteiger charge is -2.20. The van der Waals surface area contributed by atoms with Crippen molar-refractivity contribution in [1.82, 2.24) is 20.6 Å². The van der Waals surface area contributed by atoms with Gasteiger partial charge in [-0.2, -0.15) is 0 Å². The number of hydrogen-bond acceptors (Lipinski definition) is 4. The zero-order valence-corrected chi connectivity index (χ0v) is 9.95. The van der Waals surface area contributed by atoms with Crippen molar-refractivity contribution in [2.24, 2.45) is 0 Å². The van der Waals surface area contributed by atoms with Gasteiger partial charge in [0.2, 0.25) is 5.91 Å². The van der Waals surface area contributed by atoms with Gasteiger partial charge in [-0.1, -0.05) is 0 Å². The van der Waals surface area contributed by atoms with Crippen LogP contribution in [0.2, 0.25) is 0 Å². The van der Waals surface area contributed by atoms with Crippen LogP contribution in [0.15, 0.2) is 18.5 Å². The van der Waals surface area contributed by atoms with E-state index in [0.29, 0.717) is 12.4 Å². The quantitative estimate of drug-likeness (QED) is 0.777. The van der Waals surface area contributed by atoms with Crippen LogP contribution in [0, 0.1) is 0 Å². The number of aromatic nitrogens is 2. The Hall–Kier alpha value is -1.49. The van der Waals surface area contributed by atoms with E-state index in [-0.39, 0.29) is 18.0 Å².